The van der Waals surface area contributed by atoms with E-state index in [4.69, 9.17) is 9.64 Å². The number of benzene rings is 2. The number of hydrogen-bond acceptors (Lipinski definition) is 2. The Kier molecular flexibility index (Phi) is 3.12. The lowest BCUT2D eigenvalue weighted by Crippen LogP contribution is -2.36. The number of aromatic nitrogens is 2. The van der Waals surface area contributed by atoms with Gasteiger partial charge in [0, 0.05) is 11.6 Å². The molecule has 3 heterocycles. The molecule has 0 N–H and O–H groups in total. The molecule has 3 nitrogen and oxygen atoms in total. The van der Waals surface area contributed by atoms with Crippen LogP contribution in [-0.4, -0.2) is 21.9 Å². The monoisotopic (exact) mass is 342 g/mol. The lowest BCUT2D eigenvalue weighted by atomic mass is 9.54. The van der Waals surface area contributed by atoms with Crippen LogP contribution in [0.25, 0.3) is 27.5 Å². The summed E-state index contributed by atoms with van der Waals surface area (Å²) in [6, 6.07) is 17.2. The first kappa shape index (κ1) is 15.9. The van der Waals surface area contributed by atoms with Crippen LogP contribution >= 0.6 is 0 Å². The van der Waals surface area contributed by atoms with Gasteiger partial charge in [0.05, 0.1) is 16.6 Å². The highest BCUT2D eigenvalue weighted by atomic mass is 16.5. The summed E-state index contributed by atoms with van der Waals surface area (Å²) in [7, 11) is 0. The minimum Gasteiger partial charge on any atom is -0.426 e. The fourth-order valence-corrected chi connectivity index (χ4v) is 4.10. The van der Waals surface area contributed by atoms with Crippen LogP contribution < -0.4 is 5.46 Å². The maximum Gasteiger partial charge on any atom is 0.328 e. The van der Waals surface area contributed by atoms with Crippen molar-refractivity contribution < 1.29 is 4.65 Å². The molecule has 0 saturated carbocycles. The highest BCUT2D eigenvalue weighted by Crippen LogP contribution is 2.45. The van der Waals surface area contributed by atoms with Crippen molar-refractivity contribution in [2.45, 2.75) is 39.6 Å². The van der Waals surface area contributed by atoms with Crippen molar-refractivity contribution in [3.8, 4) is 0 Å². The largest absolute Gasteiger partial charge is 0.426 e. The standard InChI is InChI=1S/C22H23BN2O/c1-21(2)14-23(26-22(21,3)4)16-9-10-18-19(13-16)25-12-11-15-7-5-6-8-17(15)20(25)24-18/h5-13H,14H2,1-4H3. The molecule has 0 radical (unpaired) electrons. The number of rotatable bonds is 1. The summed E-state index contributed by atoms with van der Waals surface area (Å²) < 4.78 is 8.63. The third kappa shape index (κ3) is 2.15. The van der Waals surface area contributed by atoms with Gasteiger partial charge in [0.25, 0.3) is 0 Å². The van der Waals surface area contributed by atoms with E-state index in [0.29, 0.717) is 0 Å². The van der Waals surface area contributed by atoms with Gasteiger partial charge in [-0.15, -0.1) is 0 Å². The molecule has 1 saturated heterocycles. The van der Waals surface area contributed by atoms with Crippen LogP contribution in [0.2, 0.25) is 6.32 Å². The molecule has 2 aromatic heterocycles. The van der Waals surface area contributed by atoms with Gasteiger partial charge in [-0.1, -0.05) is 44.2 Å². The highest BCUT2D eigenvalue weighted by Gasteiger charge is 2.49. The summed E-state index contributed by atoms with van der Waals surface area (Å²) in [5, 5.41) is 2.41. The predicted octanol–water partition coefficient (Wildman–Crippen LogP) is 4.67. The van der Waals surface area contributed by atoms with Crippen LogP contribution in [0.1, 0.15) is 27.7 Å². The van der Waals surface area contributed by atoms with Gasteiger partial charge in [-0.25, -0.2) is 4.98 Å². The van der Waals surface area contributed by atoms with Crippen molar-refractivity contribution in [2.75, 3.05) is 0 Å². The first-order valence-electron chi connectivity index (χ1n) is 9.33. The molecule has 0 bridgehead atoms. The molecule has 26 heavy (non-hydrogen) atoms. The topological polar surface area (TPSA) is 26.5 Å². The van der Waals surface area contributed by atoms with Gasteiger partial charge >= 0.3 is 6.92 Å². The molecule has 5 rings (SSSR count). The Balaban J connectivity index is 1.68. The van der Waals surface area contributed by atoms with Crippen LogP contribution in [0, 0.1) is 5.41 Å². The second-order valence-corrected chi connectivity index (χ2v) is 8.66. The second-order valence-electron chi connectivity index (χ2n) is 8.66. The molecular formula is C22H23BN2O. The van der Waals surface area contributed by atoms with Gasteiger partial charge in [0.2, 0.25) is 0 Å². The molecular weight excluding hydrogens is 319 g/mol. The van der Waals surface area contributed by atoms with E-state index in [0.717, 1.165) is 23.0 Å². The quantitative estimate of drug-likeness (QED) is 0.470. The summed E-state index contributed by atoms with van der Waals surface area (Å²) in [4.78, 5) is 4.89. The molecule has 0 unspecified atom stereocenters. The minimum atomic E-state index is -0.123. The van der Waals surface area contributed by atoms with Gasteiger partial charge in [-0.3, -0.25) is 4.40 Å². The molecule has 4 heteroatoms. The predicted molar refractivity (Wildman–Crippen MR) is 109 cm³/mol. The second kappa shape index (κ2) is 5.11. The van der Waals surface area contributed by atoms with E-state index in [2.05, 4.69) is 86.8 Å². The average molecular weight is 342 g/mol. The van der Waals surface area contributed by atoms with Crippen LogP contribution in [0.15, 0.2) is 54.7 Å². The summed E-state index contributed by atoms with van der Waals surface area (Å²) in [5.74, 6) is 0. The normalized spacial score (nSPS) is 19.0. The summed E-state index contributed by atoms with van der Waals surface area (Å²) in [5.41, 5.74) is 4.47. The van der Waals surface area contributed by atoms with Crippen LogP contribution in [0.5, 0.6) is 0 Å². The minimum absolute atomic E-state index is 0.123. The summed E-state index contributed by atoms with van der Waals surface area (Å²) >= 11 is 0. The Morgan fingerprint density at radius 1 is 1.04 bits per heavy atom. The Morgan fingerprint density at radius 3 is 2.62 bits per heavy atom. The Labute approximate surface area is 154 Å². The van der Waals surface area contributed by atoms with Crippen molar-refractivity contribution in [3.63, 3.8) is 0 Å². The number of imidazole rings is 1. The maximum absolute atomic E-state index is 6.43. The summed E-state index contributed by atoms with van der Waals surface area (Å²) in [6.45, 7) is 9.13. The average Bonchev–Trinajstić information content (AvgIpc) is 3.08. The van der Waals surface area contributed by atoms with Crippen molar-refractivity contribution in [2.24, 2.45) is 5.41 Å². The molecule has 0 spiro atoms. The van der Waals surface area contributed by atoms with Crippen molar-refractivity contribution in [1.82, 2.24) is 9.38 Å². The lowest BCUT2D eigenvalue weighted by Gasteiger charge is -2.34. The molecule has 1 aliphatic rings. The van der Waals surface area contributed by atoms with Crippen LogP contribution in [0.4, 0.5) is 0 Å². The number of fused-ring (bicyclic) bond motifs is 5. The zero-order valence-electron chi connectivity index (χ0n) is 15.8. The van der Waals surface area contributed by atoms with Crippen molar-refractivity contribution in [3.05, 3.63) is 54.7 Å². The first-order chi connectivity index (χ1) is 12.4. The Hall–Kier alpha value is -2.33. The third-order valence-corrected chi connectivity index (χ3v) is 6.45. The van der Waals surface area contributed by atoms with E-state index in [1.807, 2.05) is 0 Å². The van der Waals surface area contributed by atoms with Gasteiger partial charge in [-0.05, 0) is 54.6 Å². The highest BCUT2D eigenvalue weighted by molar-refractivity contribution is 6.68. The van der Waals surface area contributed by atoms with Crippen molar-refractivity contribution >= 4 is 39.8 Å². The molecule has 2 aromatic carbocycles. The Morgan fingerprint density at radius 2 is 1.85 bits per heavy atom. The zero-order valence-corrected chi connectivity index (χ0v) is 15.8. The third-order valence-electron chi connectivity index (χ3n) is 6.45. The van der Waals surface area contributed by atoms with E-state index in [9.17, 15) is 0 Å². The number of hydrogen-bond donors (Lipinski definition) is 0. The fraction of sp³-hybridized carbons (Fsp3) is 0.318. The molecule has 4 aromatic rings. The van der Waals surface area contributed by atoms with Crippen molar-refractivity contribution in [1.29, 1.82) is 0 Å². The van der Waals surface area contributed by atoms with Crippen LogP contribution in [0.3, 0.4) is 0 Å². The van der Waals surface area contributed by atoms with Crippen LogP contribution in [-0.2, 0) is 4.65 Å². The van der Waals surface area contributed by atoms with E-state index < -0.39 is 0 Å². The van der Waals surface area contributed by atoms with E-state index in [1.165, 1.54) is 16.2 Å². The zero-order chi connectivity index (χ0) is 18.1. The molecule has 1 fully saturated rings. The van der Waals surface area contributed by atoms with E-state index >= 15 is 0 Å². The SMILES string of the molecule is CC1(C)CB(c2ccc3nc4c5ccccc5ccn4c3c2)OC1(C)C. The molecule has 0 amide bonds. The smallest absolute Gasteiger partial charge is 0.328 e. The fourth-order valence-electron chi connectivity index (χ4n) is 4.10. The number of pyridine rings is 1. The van der Waals surface area contributed by atoms with E-state index in [1.54, 1.807) is 0 Å². The lowest BCUT2D eigenvalue weighted by molar-refractivity contribution is 0.0375. The van der Waals surface area contributed by atoms with Gasteiger partial charge in [0.15, 0.2) is 0 Å². The Bertz CT molecular complexity index is 1140. The molecule has 0 atom stereocenters. The maximum atomic E-state index is 6.43. The molecule has 0 aliphatic carbocycles. The molecule has 1 aliphatic heterocycles. The first-order valence-corrected chi connectivity index (χ1v) is 9.33. The molecule has 130 valence electrons. The van der Waals surface area contributed by atoms with Gasteiger partial charge in [-0.2, -0.15) is 0 Å². The van der Waals surface area contributed by atoms with Gasteiger partial charge < -0.3 is 4.65 Å². The van der Waals surface area contributed by atoms with Gasteiger partial charge in [0.1, 0.15) is 5.65 Å². The number of nitrogens with zero attached hydrogens (tertiary/aromatic N) is 2. The summed E-state index contributed by atoms with van der Waals surface area (Å²) in [6.07, 6.45) is 3.16. The van der Waals surface area contributed by atoms with E-state index in [-0.39, 0.29) is 17.9 Å².